The minimum Gasteiger partial charge on any atom is -0.381 e. The Morgan fingerprint density at radius 2 is 1.70 bits per heavy atom. The van der Waals surface area contributed by atoms with Crippen LogP contribution in [-0.2, 0) is 4.74 Å². The van der Waals surface area contributed by atoms with E-state index >= 15 is 0 Å². The smallest absolute Gasteiger partial charge is 0.0471 e. The maximum absolute atomic E-state index is 5.64. The Bertz CT molecular complexity index is 473. The van der Waals surface area contributed by atoms with Gasteiger partial charge in [0.1, 0.15) is 0 Å². The van der Waals surface area contributed by atoms with Crippen molar-refractivity contribution in [3.05, 3.63) is 0 Å². The van der Waals surface area contributed by atoms with Crippen molar-refractivity contribution in [3.63, 3.8) is 0 Å². The van der Waals surface area contributed by atoms with E-state index < -0.39 is 0 Å². The quantitative estimate of drug-likeness (QED) is 0.700. The van der Waals surface area contributed by atoms with Crippen molar-refractivity contribution in [2.45, 2.75) is 90.6 Å². The first-order valence-electron chi connectivity index (χ1n) is 12.1. The van der Waals surface area contributed by atoms with Crippen LogP contribution < -0.4 is 0 Å². The fourth-order valence-electron chi connectivity index (χ4n) is 6.85. The van der Waals surface area contributed by atoms with Crippen LogP contribution in [0.15, 0.2) is 0 Å². The standard InChI is InChI=1S/C24H44N2O/c1-19(2)26-16-22-6-4-5-21(14-23(15-22)17-26)13-20(3)25-10-7-24(18-25)8-11-27-12-9-24/h19-23H,4-18H2,1-3H3. The monoisotopic (exact) mass is 376 g/mol. The molecule has 4 rings (SSSR count). The second kappa shape index (κ2) is 8.71. The zero-order valence-electron chi connectivity index (χ0n) is 18.3. The highest BCUT2D eigenvalue weighted by Crippen LogP contribution is 2.42. The Kier molecular flexibility index (Phi) is 6.51. The maximum atomic E-state index is 5.64. The molecule has 27 heavy (non-hydrogen) atoms. The van der Waals surface area contributed by atoms with Gasteiger partial charge in [-0.05, 0) is 95.4 Å². The Morgan fingerprint density at radius 1 is 0.926 bits per heavy atom. The lowest BCUT2D eigenvalue weighted by Gasteiger charge is -2.43. The average molecular weight is 377 g/mol. The van der Waals surface area contributed by atoms with Crippen LogP contribution in [0.1, 0.15) is 78.6 Å². The van der Waals surface area contributed by atoms with Gasteiger partial charge in [-0.3, -0.25) is 0 Å². The summed E-state index contributed by atoms with van der Waals surface area (Å²) < 4.78 is 5.64. The lowest BCUT2D eigenvalue weighted by molar-refractivity contribution is 0.0162. The van der Waals surface area contributed by atoms with Gasteiger partial charge in [-0.15, -0.1) is 0 Å². The molecule has 1 spiro atoms. The second-order valence-corrected chi connectivity index (χ2v) is 11.0. The predicted molar refractivity (Wildman–Crippen MR) is 113 cm³/mol. The van der Waals surface area contributed by atoms with Crippen LogP contribution in [0.25, 0.3) is 0 Å². The number of hydrogen-bond donors (Lipinski definition) is 0. The van der Waals surface area contributed by atoms with Crippen LogP contribution >= 0.6 is 0 Å². The number of likely N-dealkylation sites (tertiary alicyclic amines) is 2. The van der Waals surface area contributed by atoms with Gasteiger partial charge < -0.3 is 14.5 Å². The van der Waals surface area contributed by atoms with E-state index in [1.54, 1.807) is 0 Å². The second-order valence-electron chi connectivity index (χ2n) is 11.0. The van der Waals surface area contributed by atoms with Crippen LogP contribution in [0.2, 0.25) is 0 Å². The molecule has 0 aromatic heterocycles. The van der Waals surface area contributed by atoms with E-state index in [9.17, 15) is 0 Å². The zero-order chi connectivity index (χ0) is 18.9. The summed E-state index contributed by atoms with van der Waals surface area (Å²) in [6.45, 7) is 14.7. The van der Waals surface area contributed by atoms with E-state index in [1.807, 2.05) is 0 Å². The SMILES string of the molecule is CC(C)N1CC2CCCC(CC(C)N3CCC4(CCOCC4)C3)CC(C2)C1. The molecular weight excluding hydrogens is 332 g/mol. The number of piperidine rings is 1. The van der Waals surface area contributed by atoms with Gasteiger partial charge in [-0.1, -0.05) is 12.8 Å². The molecular formula is C24H44N2O. The van der Waals surface area contributed by atoms with Crippen LogP contribution in [0, 0.1) is 23.2 Å². The van der Waals surface area contributed by atoms with Crippen molar-refractivity contribution >= 4 is 0 Å². The maximum Gasteiger partial charge on any atom is 0.0471 e. The third-order valence-corrected chi connectivity index (χ3v) is 8.59. The minimum atomic E-state index is 0.599. The van der Waals surface area contributed by atoms with E-state index in [0.717, 1.165) is 43.1 Å². The van der Waals surface area contributed by atoms with Gasteiger partial charge in [0.05, 0.1) is 0 Å². The van der Waals surface area contributed by atoms with Crippen molar-refractivity contribution in [1.82, 2.24) is 9.80 Å². The molecule has 0 amide bonds. The van der Waals surface area contributed by atoms with E-state index in [2.05, 4.69) is 30.6 Å². The molecule has 0 aromatic carbocycles. The first-order valence-corrected chi connectivity index (χ1v) is 12.1. The molecule has 3 heterocycles. The molecule has 0 aromatic rings. The largest absolute Gasteiger partial charge is 0.381 e. The highest BCUT2D eigenvalue weighted by atomic mass is 16.5. The molecule has 2 bridgehead atoms. The first-order chi connectivity index (χ1) is 13.0. The Morgan fingerprint density at radius 3 is 2.48 bits per heavy atom. The van der Waals surface area contributed by atoms with Gasteiger partial charge in [0.2, 0.25) is 0 Å². The summed E-state index contributed by atoms with van der Waals surface area (Å²) in [5.41, 5.74) is 0.599. The summed E-state index contributed by atoms with van der Waals surface area (Å²) in [5.74, 6) is 2.91. The van der Waals surface area contributed by atoms with Crippen molar-refractivity contribution in [3.8, 4) is 0 Å². The van der Waals surface area contributed by atoms with Gasteiger partial charge in [-0.2, -0.15) is 0 Å². The normalized spacial score (nSPS) is 36.7. The van der Waals surface area contributed by atoms with Gasteiger partial charge in [-0.25, -0.2) is 0 Å². The van der Waals surface area contributed by atoms with Crippen LogP contribution in [0.4, 0.5) is 0 Å². The van der Waals surface area contributed by atoms with E-state index in [1.165, 1.54) is 84.0 Å². The molecule has 0 N–H and O–H groups in total. The van der Waals surface area contributed by atoms with Crippen molar-refractivity contribution in [2.75, 3.05) is 39.4 Å². The summed E-state index contributed by atoms with van der Waals surface area (Å²) in [7, 11) is 0. The molecule has 4 atom stereocenters. The highest BCUT2D eigenvalue weighted by molar-refractivity contribution is 4.94. The van der Waals surface area contributed by atoms with E-state index in [0.29, 0.717) is 5.41 Å². The third-order valence-electron chi connectivity index (χ3n) is 8.59. The lowest BCUT2D eigenvalue weighted by Crippen LogP contribution is -2.45. The molecule has 4 unspecified atom stereocenters. The van der Waals surface area contributed by atoms with Crippen LogP contribution in [0.5, 0.6) is 0 Å². The molecule has 0 radical (unpaired) electrons. The molecule has 1 aliphatic carbocycles. The van der Waals surface area contributed by atoms with Gasteiger partial charge in [0, 0.05) is 44.9 Å². The zero-order valence-corrected chi connectivity index (χ0v) is 18.3. The number of ether oxygens (including phenoxy) is 1. The molecule has 4 aliphatic rings. The minimum absolute atomic E-state index is 0.599. The highest BCUT2D eigenvalue weighted by Gasteiger charge is 2.41. The number of nitrogens with zero attached hydrogens (tertiary/aromatic N) is 2. The third kappa shape index (κ3) is 4.90. The molecule has 3 nitrogen and oxygen atoms in total. The van der Waals surface area contributed by atoms with Crippen LogP contribution in [0.3, 0.4) is 0 Å². The molecule has 4 fully saturated rings. The van der Waals surface area contributed by atoms with Crippen LogP contribution in [-0.4, -0.2) is 61.3 Å². The fourth-order valence-corrected chi connectivity index (χ4v) is 6.85. The molecule has 1 saturated carbocycles. The number of fused-ring (bicyclic) bond motifs is 2. The van der Waals surface area contributed by atoms with Crippen molar-refractivity contribution < 1.29 is 4.74 Å². The summed E-state index contributed by atoms with van der Waals surface area (Å²) in [4.78, 5) is 5.62. The topological polar surface area (TPSA) is 15.7 Å². The summed E-state index contributed by atoms with van der Waals surface area (Å²) in [5, 5.41) is 0. The van der Waals surface area contributed by atoms with E-state index in [-0.39, 0.29) is 0 Å². The molecule has 3 heteroatoms. The number of hydrogen-bond acceptors (Lipinski definition) is 3. The number of rotatable bonds is 4. The summed E-state index contributed by atoms with van der Waals surface area (Å²) in [6.07, 6.45) is 12.9. The Hall–Kier alpha value is -0.120. The summed E-state index contributed by atoms with van der Waals surface area (Å²) in [6, 6.07) is 1.50. The Labute approximate surface area is 168 Å². The fraction of sp³-hybridized carbons (Fsp3) is 1.00. The van der Waals surface area contributed by atoms with Gasteiger partial charge in [0.25, 0.3) is 0 Å². The van der Waals surface area contributed by atoms with Crippen molar-refractivity contribution in [2.24, 2.45) is 23.2 Å². The van der Waals surface area contributed by atoms with Gasteiger partial charge in [0.15, 0.2) is 0 Å². The molecule has 156 valence electrons. The summed E-state index contributed by atoms with van der Waals surface area (Å²) >= 11 is 0. The molecule has 3 aliphatic heterocycles. The van der Waals surface area contributed by atoms with E-state index in [4.69, 9.17) is 4.74 Å². The lowest BCUT2D eigenvalue weighted by atomic mass is 9.75. The Balaban J connectivity index is 1.31. The molecule has 3 saturated heterocycles. The first kappa shape index (κ1) is 20.2. The van der Waals surface area contributed by atoms with Gasteiger partial charge >= 0.3 is 0 Å². The predicted octanol–water partition coefficient (Wildman–Crippen LogP) is 4.80. The van der Waals surface area contributed by atoms with Crippen molar-refractivity contribution in [1.29, 1.82) is 0 Å². The average Bonchev–Trinajstić information content (AvgIpc) is 3.04.